The Kier molecular flexibility index (Phi) is 5.49. The molecule has 1 unspecified atom stereocenters. The van der Waals surface area contributed by atoms with Crippen LogP contribution in [0.25, 0.3) is 0 Å². The normalized spacial score (nSPS) is 11.5. The molecule has 0 aliphatic rings. The molecule has 2 rings (SSSR count). The van der Waals surface area contributed by atoms with Crippen molar-refractivity contribution in [1.82, 2.24) is 5.32 Å². The topological polar surface area (TPSA) is 101 Å². The number of nitrogens with zero attached hydrogens (tertiary/aromatic N) is 1. The SMILES string of the molecule is Cc1ccc(NC(=O)C(C)NC(=O)c2cccc([N+](=O)[O-])c2)cc1C. The smallest absolute Gasteiger partial charge is 0.270 e. The molecule has 0 heterocycles. The minimum absolute atomic E-state index is 0.125. The molecule has 7 nitrogen and oxygen atoms in total. The van der Waals surface area contributed by atoms with Crippen molar-refractivity contribution in [2.45, 2.75) is 26.8 Å². The third-order valence-corrected chi connectivity index (χ3v) is 3.83. The van der Waals surface area contributed by atoms with Crippen LogP contribution in [-0.4, -0.2) is 22.8 Å². The molecule has 25 heavy (non-hydrogen) atoms. The predicted octanol–water partition coefficient (Wildman–Crippen LogP) is 2.97. The van der Waals surface area contributed by atoms with Crippen molar-refractivity contribution >= 4 is 23.2 Å². The number of hydrogen-bond acceptors (Lipinski definition) is 4. The summed E-state index contributed by atoms with van der Waals surface area (Å²) in [5, 5.41) is 16.0. The number of rotatable bonds is 5. The molecule has 0 saturated carbocycles. The fraction of sp³-hybridized carbons (Fsp3) is 0.222. The number of amides is 2. The molecule has 0 radical (unpaired) electrons. The Balaban J connectivity index is 2.02. The molecule has 0 aromatic heterocycles. The van der Waals surface area contributed by atoms with Gasteiger partial charge in [0.2, 0.25) is 5.91 Å². The van der Waals surface area contributed by atoms with E-state index in [9.17, 15) is 19.7 Å². The van der Waals surface area contributed by atoms with Crippen LogP contribution in [0.5, 0.6) is 0 Å². The lowest BCUT2D eigenvalue weighted by atomic mass is 10.1. The zero-order valence-electron chi connectivity index (χ0n) is 14.2. The lowest BCUT2D eigenvalue weighted by Crippen LogP contribution is -2.41. The van der Waals surface area contributed by atoms with Crippen molar-refractivity contribution in [1.29, 1.82) is 0 Å². The van der Waals surface area contributed by atoms with Crippen molar-refractivity contribution in [3.05, 3.63) is 69.3 Å². The van der Waals surface area contributed by atoms with Gasteiger partial charge in [0.25, 0.3) is 11.6 Å². The van der Waals surface area contributed by atoms with Crippen molar-refractivity contribution in [2.75, 3.05) is 5.32 Å². The molecule has 1 atom stereocenters. The fourth-order valence-corrected chi connectivity index (χ4v) is 2.18. The first-order chi connectivity index (χ1) is 11.8. The van der Waals surface area contributed by atoms with Gasteiger partial charge in [-0.05, 0) is 50.1 Å². The van der Waals surface area contributed by atoms with Crippen LogP contribution in [0, 0.1) is 24.0 Å². The molecule has 7 heteroatoms. The first-order valence-corrected chi connectivity index (χ1v) is 7.71. The van der Waals surface area contributed by atoms with E-state index < -0.39 is 16.9 Å². The Morgan fingerprint density at radius 1 is 1.08 bits per heavy atom. The highest BCUT2D eigenvalue weighted by Crippen LogP contribution is 2.15. The first-order valence-electron chi connectivity index (χ1n) is 7.71. The van der Waals surface area contributed by atoms with E-state index in [0.29, 0.717) is 5.69 Å². The van der Waals surface area contributed by atoms with E-state index in [1.54, 1.807) is 13.0 Å². The van der Waals surface area contributed by atoms with E-state index in [2.05, 4.69) is 10.6 Å². The summed E-state index contributed by atoms with van der Waals surface area (Å²) in [6, 6.07) is 10.1. The Hall–Kier alpha value is -3.22. The van der Waals surface area contributed by atoms with Crippen LogP contribution in [0.1, 0.15) is 28.4 Å². The zero-order valence-corrected chi connectivity index (χ0v) is 14.2. The maximum atomic E-state index is 12.2. The number of carbonyl (C=O) groups excluding carboxylic acids is 2. The second-order valence-electron chi connectivity index (χ2n) is 5.79. The van der Waals surface area contributed by atoms with Crippen molar-refractivity contribution in [2.24, 2.45) is 0 Å². The van der Waals surface area contributed by atoms with Gasteiger partial charge < -0.3 is 10.6 Å². The molecule has 0 spiro atoms. The summed E-state index contributed by atoms with van der Waals surface area (Å²) in [5.41, 5.74) is 2.75. The van der Waals surface area contributed by atoms with Crippen molar-refractivity contribution < 1.29 is 14.5 Å². The highest BCUT2D eigenvalue weighted by Gasteiger charge is 2.18. The van der Waals surface area contributed by atoms with Crippen molar-refractivity contribution in [3.8, 4) is 0 Å². The van der Waals surface area contributed by atoms with Crippen molar-refractivity contribution in [3.63, 3.8) is 0 Å². The summed E-state index contributed by atoms with van der Waals surface area (Å²) in [5.74, 6) is -0.923. The molecule has 2 aromatic rings. The standard InChI is InChI=1S/C18H19N3O4/c1-11-7-8-15(9-12(11)2)20-17(22)13(3)19-18(23)14-5-4-6-16(10-14)21(24)25/h4-10,13H,1-3H3,(H,19,23)(H,20,22). The van der Waals surface area contributed by atoms with Crippen LogP contribution in [0.4, 0.5) is 11.4 Å². The van der Waals surface area contributed by atoms with Gasteiger partial charge in [-0.3, -0.25) is 19.7 Å². The molecule has 2 N–H and O–H groups in total. The summed E-state index contributed by atoms with van der Waals surface area (Å²) in [6.07, 6.45) is 0. The van der Waals surface area contributed by atoms with Gasteiger partial charge >= 0.3 is 0 Å². The van der Waals surface area contributed by atoms with Gasteiger partial charge in [-0.25, -0.2) is 0 Å². The van der Waals surface area contributed by atoms with Gasteiger partial charge in [-0.15, -0.1) is 0 Å². The van der Waals surface area contributed by atoms with E-state index in [1.165, 1.54) is 24.3 Å². The number of hydrogen-bond donors (Lipinski definition) is 2. The Morgan fingerprint density at radius 3 is 2.44 bits per heavy atom. The van der Waals surface area contributed by atoms with Gasteiger partial charge in [0.05, 0.1) is 4.92 Å². The highest BCUT2D eigenvalue weighted by molar-refractivity contribution is 6.01. The summed E-state index contributed by atoms with van der Waals surface area (Å²) < 4.78 is 0. The van der Waals surface area contributed by atoms with Crippen LogP contribution in [-0.2, 0) is 4.79 Å². The maximum Gasteiger partial charge on any atom is 0.270 e. The second kappa shape index (κ2) is 7.57. The van der Waals surface area contributed by atoms with Crippen LogP contribution in [0.2, 0.25) is 0 Å². The third-order valence-electron chi connectivity index (χ3n) is 3.83. The fourth-order valence-electron chi connectivity index (χ4n) is 2.18. The molecule has 0 aliphatic heterocycles. The Labute approximate surface area is 145 Å². The third kappa shape index (κ3) is 4.63. The molecular formula is C18H19N3O4. The minimum atomic E-state index is -0.798. The zero-order chi connectivity index (χ0) is 18.6. The monoisotopic (exact) mass is 341 g/mol. The lowest BCUT2D eigenvalue weighted by Gasteiger charge is -2.15. The molecule has 0 bridgehead atoms. The summed E-state index contributed by atoms with van der Waals surface area (Å²) in [6.45, 7) is 5.47. The van der Waals surface area contributed by atoms with E-state index in [1.807, 2.05) is 26.0 Å². The first kappa shape index (κ1) is 18.1. The van der Waals surface area contributed by atoms with Gasteiger partial charge in [-0.1, -0.05) is 12.1 Å². The molecule has 130 valence electrons. The molecule has 0 aliphatic carbocycles. The number of carbonyl (C=O) groups is 2. The summed E-state index contributed by atoms with van der Waals surface area (Å²) >= 11 is 0. The molecule has 2 aromatic carbocycles. The Bertz CT molecular complexity index is 833. The average molecular weight is 341 g/mol. The number of nitro benzene ring substituents is 1. The lowest BCUT2D eigenvalue weighted by molar-refractivity contribution is -0.384. The summed E-state index contributed by atoms with van der Waals surface area (Å²) in [4.78, 5) is 34.6. The van der Waals surface area contributed by atoms with Gasteiger partial charge in [0.1, 0.15) is 6.04 Å². The molecule has 0 saturated heterocycles. The van der Waals surface area contributed by atoms with E-state index in [4.69, 9.17) is 0 Å². The van der Waals surface area contributed by atoms with Crippen LogP contribution >= 0.6 is 0 Å². The number of anilines is 1. The van der Waals surface area contributed by atoms with Gasteiger partial charge in [0, 0.05) is 23.4 Å². The number of nitro groups is 1. The molecule has 2 amide bonds. The maximum absolute atomic E-state index is 12.2. The van der Waals surface area contributed by atoms with E-state index >= 15 is 0 Å². The number of aryl methyl sites for hydroxylation is 2. The number of non-ortho nitro benzene ring substituents is 1. The van der Waals surface area contributed by atoms with Crippen LogP contribution < -0.4 is 10.6 Å². The molecular weight excluding hydrogens is 322 g/mol. The minimum Gasteiger partial charge on any atom is -0.341 e. The van der Waals surface area contributed by atoms with E-state index in [0.717, 1.165) is 11.1 Å². The summed E-state index contributed by atoms with van der Waals surface area (Å²) in [7, 11) is 0. The predicted molar refractivity (Wildman–Crippen MR) is 94.6 cm³/mol. The van der Waals surface area contributed by atoms with Crippen LogP contribution in [0.15, 0.2) is 42.5 Å². The van der Waals surface area contributed by atoms with Gasteiger partial charge in [0.15, 0.2) is 0 Å². The van der Waals surface area contributed by atoms with Crippen LogP contribution in [0.3, 0.4) is 0 Å². The second-order valence-corrected chi connectivity index (χ2v) is 5.79. The number of nitrogens with one attached hydrogen (secondary N) is 2. The highest BCUT2D eigenvalue weighted by atomic mass is 16.6. The van der Waals surface area contributed by atoms with Gasteiger partial charge in [-0.2, -0.15) is 0 Å². The number of benzene rings is 2. The Morgan fingerprint density at radius 2 is 1.80 bits per heavy atom. The quantitative estimate of drug-likeness (QED) is 0.645. The van der Waals surface area contributed by atoms with E-state index in [-0.39, 0.29) is 17.2 Å². The molecule has 0 fully saturated rings. The average Bonchev–Trinajstić information content (AvgIpc) is 2.58. The largest absolute Gasteiger partial charge is 0.341 e.